The van der Waals surface area contributed by atoms with Crippen LogP contribution in [0.3, 0.4) is 0 Å². The Morgan fingerprint density at radius 2 is 1.95 bits per heavy atom. The van der Waals surface area contributed by atoms with Crippen molar-refractivity contribution in [1.82, 2.24) is 4.98 Å². The fourth-order valence-corrected chi connectivity index (χ4v) is 1.86. The highest BCUT2D eigenvalue weighted by atomic mass is 16.3. The summed E-state index contributed by atoms with van der Waals surface area (Å²) in [5.74, 6) is -0.400. The second-order valence-corrected chi connectivity index (χ2v) is 4.26. The second kappa shape index (κ2) is 5.52. The first-order valence-electron chi connectivity index (χ1n) is 6.16. The Morgan fingerprint density at radius 3 is 2.53 bits per heavy atom. The minimum atomic E-state index is -0.301. The molecule has 0 aliphatic heterocycles. The Kier molecular flexibility index (Phi) is 3.80. The first kappa shape index (κ1) is 13.1. The topological polar surface area (TPSA) is 53.4 Å². The third-order valence-electron chi connectivity index (χ3n) is 2.90. The number of carbonyl (C=O) groups is 1. The zero-order valence-electron chi connectivity index (χ0n) is 11.0. The molecule has 1 N–H and O–H groups in total. The summed E-state index contributed by atoms with van der Waals surface area (Å²) < 4.78 is 0. The third kappa shape index (κ3) is 2.73. The van der Waals surface area contributed by atoms with Crippen molar-refractivity contribution in [3.05, 3.63) is 53.9 Å². The number of nitrogens with zero attached hydrogens (tertiary/aromatic N) is 2. The number of amides is 1. The lowest BCUT2D eigenvalue weighted by Gasteiger charge is -2.21. The van der Waals surface area contributed by atoms with E-state index >= 15 is 0 Å². The first-order chi connectivity index (χ1) is 9.13. The van der Waals surface area contributed by atoms with Crippen LogP contribution in [0.4, 0.5) is 5.69 Å². The maximum absolute atomic E-state index is 12.4. The molecular weight excluding hydrogens is 240 g/mol. The van der Waals surface area contributed by atoms with E-state index in [1.165, 1.54) is 12.3 Å². The highest BCUT2D eigenvalue weighted by molar-refractivity contribution is 6.06. The Morgan fingerprint density at radius 1 is 1.26 bits per heavy atom. The lowest BCUT2D eigenvalue weighted by Crippen LogP contribution is -2.31. The highest BCUT2D eigenvalue weighted by Crippen LogP contribution is 2.21. The molecule has 0 saturated heterocycles. The number of pyridine rings is 1. The number of benzene rings is 1. The van der Waals surface area contributed by atoms with E-state index in [0.717, 1.165) is 11.3 Å². The average Bonchev–Trinajstić information content (AvgIpc) is 2.42. The molecule has 0 aliphatic carbocycles. The van der Waals surface area contributed by atoms with E-state index < -0.39 is 0 Å². The van der Waals surface area contributed by atoms with Gasteiger partial charge in [0.25, 0.3) is 5.91 Å². The van der Waals surface area contributed by atoms with Crippen LogP contribution < -0.4 is 4.90 Å². The number of aromatic hydroxyl groups is 1. The molecule has 0 bridgehead atoms. The summed E-state index contributed by atoms with van der Waals surface area (Å²) in [5.41, 5.74) is 2.00. The molecule has 1 aromatic carbocycles. The van der Waals surface area contributed by atoms with Gasteiger partial charge in [-0.2, -0.15) is 0 Å². The Labute approximate surface area is 112 Å². The molecule has 0 atom stereocenters. The van der Waals surface area contributed by atoms with Gasteiger partial charge in [-0.25, -0.2) is 4.98 Å². The molecule has 0 fully saturated rings. The minimum absolute atomic E-state index is 0.0740. The van der Waals surface area contributed by atoms with Gasteiger partial charge < -0.3 is 10.0 Å². The number of hydrogen-bond donors (Lipinski definition) is 1. The van der Waals surface area contributed by atoms with Crippen molar-refractivity contribution >= 4 is 11.6 Å². The van der Waals surface area contributed by atoms with Gasteiger partial charge in [0.2, 0.25) is 0 Å². The molecule has 1 heterocycles. The van der Waals surface area contributed by atoms with Crippen LogP contribution in [0.25, 0.3) is 0 Å². The highest BCUT2D eigenvalue weighted by Gasteiger charge is 2.20. The van der Waals surface area contributed by atoms with E-state index in [-0.39, 0.29) is 17.4 Å². The standard InChI is InChI=1S/C15H16N2O2/c1-3-17(12-8-6-11(2)7-9-12)15(19)14-13(18)5-4-10-16-14/h4-10,18H,3H2,1-2H3. The van der Waals surface area contributed by atoms with Crippen molar-refractivity contribution in [3.8, 4) is 5.75 Å². The first-order valence-corrected chi connectivity index (χ1v) is 6.16. The van der Waals surface area contributed by atoms with E-state index in [4.69, 9.17) is 0 Å². The van der Waals surface area contributed by atoms with Crippen molar-refractivity contribution in [2.45, 2.75) is 13.8 Å². The molecule has 0 unspecified atom stereocenters. The van der Waals surface area contributed by atoms with Gasteiger partial charge in [0.05, 0.1) is 0 Å². The molecule has 0 saturated carbocycles. The SMILES string of the molecule is CCN(C(=O)c1ncccc1O)c1ccc(C)cc1. The van der Waals surface area contributed by atoms with Gasteiger partial charge in [0.15, 0.2) is 5.69 Å². The summed E-state index contributed by atoms with van der Waals surface area (Å²) >= 11 is 0. The van der Waals surface area contributed by atoms with Crippen LogP contribution in [-0.4, -0.2) is 22.5 Å². The Bertz CT molecular complexity index is 579. The van der Waals surface area contributed by atoms with Crippen LogP contribution >= 0.6 is 0 Å². The minimum Gasteiger partial charge on any atom is -0.505 e. The predicted octanol–water partition coefficient (Wildman–Crippen LogP) is 2.76. The van der Waals surface area contributed by atoms with E-state index in [0.29, 0.717) is 6.54 Å². The summed E-state index contributed by atoms with van der Waals surface area (Å²) in [6.45, 7) is 4.39. The van der Waals surface area contributed by atoms with Crippen molar-refractivity contribution in [3.63, 3.8) is 0 Å². The molecule has 2 aromatic rings. The van der Waals surface area contributed by atoms with E-state index in [9.17, 15) is 9.90 Å². The quantitative estimate of drug-likeness (QED) is 0.918. The van der Waals surface area contributed by atoms with E-state index in [1.54, 1.807) is 11.0 Å². The predicted molar refractivity (Wildman–Crippen MR) is 74.4 cm³/mol. The summed E-state index contributed by atoms with van der Waals surface area (Å²) in [7, 11) is 0. The molecule has 4 nitrogen and oxygen atoms in total. The molecule has 0 spiro atoms. The van der Waals surface area contributed by atoms with Crippen molar-refractivity contribution in [1.29, 1.82) is 0 Å². The van der Waals surface area contributed by atoms with Gasteiger partial charge in [-0.15, -0.1) is 0 Å². The van der Waals surface area contributed by atoms with E-state index in [2.05, 4.69) is 4.98 Å². The number of rotatable bonds is 3. The van der Waals surface area contributed by atoms with Crippen LogP contribution in [0.2, 0.25) is 0 Å². The zero-order valence-corrected chi connectivity index (χ0v) is 11.0. The largest absolute Gasteiger partial charge is 0.505 e. The van der Waals surface area contributed by atoms with Crippen LogP contribution in [-0.2, 0) is 0 Å². The molecule has 0 radical (unpaired) electrons. The second-order valence-electron chi connectivity index (χ2n) is 4.26. The molecule has 19 heavy (non-hydrogen) atoms. The van der Waals surface area contributed by atoms with Crippen molar-refractivity contribution in [2.75, 3.05) is 11.4 Å². The maximum Gasteiger partial charge on any atom is 0.280 e. The van der Waals surface area contributed by atoms with Crippen LogP contribution in [0.1, 0.15) is 23.0 Å². The molecule has 2 rings (SSSR count). The summed E-state index contributed by atoms with van der Waals surface area (Å²) in [4.78, 5) is 17.9. The normalized spacial score (nSPS) is 10.2. The Balaban J connectivity index is 2.35. The van der Waals surface area contributed by atoms with Gasteiger partial charge in [0.1, 0.15) is 5.75 Å². The lowest BCUT2D eigenvalue weighted by molar-refractivity contribution is 0.0980. The molecule has 0 aliphatic rings. The molecule has 4 heteroatoms. The zero-order chi connectivity index (χ0) is 13.8. The number of aryl methyl sites for hydroxylation is 1. The number of anilines is 1. The maximum atomic E-state index is 12.4. The van der Waals surface area contributed by atoms with E-state index in [1.807, 2.05) is 38.1 Å². The summed E-state index contributed by atoms with van der Waals surface area (Å²) in [5, 5.41) is 9.71. The summed E-state index contributed by atoms with van der Waals surface area (Å²) in [6.07, 6.45) is 1.50. The van der Waals surface area contributed by atoms with Gasteiger partial charge in [-0.1, -0.05) is 17.7 Å². The molecule has 98 valence electrons. The molecule has 1 aromatic heterocycles. The number of carbonyl (C=O) groups excluding carboxylic acids is 1. The molecular formula is C15H16N2O2. The Hall–Kier alpha value is -2.36. The van der Waals surface area contributed by atoms with Gasteiger partial charge in [0, 0.05) is 18.4 Å². The van der Waals surface area contributed by atoms with Crippen molar-refractivity contribution < 1.29 is 9.90 Å². The molecule has 1 amide bonds. The smallest absolute Gasteiger partial charge is 0.280 e. The van der Waals surface area contributed by atoms with Crippen molar-refractivity contribution in [2.24, 2.45) is 0 Å². The van der Waals surface area contributed by atoms with Crippen LogP contribution in [0.5, 0.6) is 5.75 Å². The fourth-order valence-electron chi connectivity index (χ4n) is 1.86. The number of aromatic nitrogens is 1. The van der Waals surface area contributed by atoms with Crippen LogP contribution in [0.15, 0.2) is 42.6 Å². The summed E-state index contributed by atoms with van der Waals surface area (Å²) in [6, 6.07) is 10.7. The lowest BCUT2D eigenvalue weighted by atomic mass is 10.2. The number of hydrogen-bond acceptors (Lipinski definition) is 3. The third-order valence-corrected chi connectivity index (χ3v) is 2.90. The monoisotopic (exact) mass is 256 g/mol. The van der Waals surface area contributed by atoms with Crippen LogP contribution in [0, 0.1) is 6.92 Å². The van der Waals surface area contributed by atoms with Gasteiger partial charge >= 0.3 is 0 Å². The average molecular weight is 256 g/mol. The van der Waals surface area contributed by atoms with Gasteiger partial charge in [-0.05, 0) is 38.1 Å². The fraction of sp³-hybridized carbons (Fsp3) is 0.200. The van der Waals surface area contributed by atoms with Gasteiger partial charge in [-0.3, -0.25) is 4.79 Å².